The molecule has 0 saturated carbocycles. The normalized spacial score (nSPS) is 19.9. The molecule has 228 valence electrons. The number of fused-ring (bicyclic) bond motifs is 2. The van der Waals surface area contributed by atoms with Crippen LogP contribution in [0.3, 0.4) is 0 Å². The lowest BCUT2D eigenvalue weighted by molar-refractivity contribution is -0.126. The molecule has 12 heteroatoms. The Labute approximate surface area is 248 Å². The molecule has 1 aromatic heterocycles. The van der Waals surface area contributed by atoms with Crippen LogP contribution in [0, 0.1) is 0 Å². The predicted octanol–water partition coefficient (Wildman–Crippen LogP) is 3.15. The number of aromatic hydroxyl groups is 3. The fraction of sp³-hybridized carbons (Fsp3) is 0.188. The molecule has 0 fully saturated rings. The van der Waals surface area contributed by atoms with E-state index >= 15 is 0 Å². The standard InChI is InChI=1S/C16H16O6.C16H12O6/c2*17-7-9-10(18)6-11-12(13(9)19)14(20)15(21)16(22-11)8-4-2-1-3-5-8/h1-5,11,15-17,19-21H,6-7H2;1-6,17-19,21H,7H2/t11?,15-,16+;/m1./s1. The Balaban J connectivity index is 0.000000175. The summed E-state index contributed by atoms with van der Waals surface area (Å²) in [5, 5.41) is 78.4. The SMILES string of the molecule is O=C1CC2O[C@@H](c3ccccc3)[C@H](O)C(O)=C2C(O)=C1CO.O=c1c(O)c(-c2ccccc2)oc2cc(O)c(CO)c(O)c12. The van der Waals surface area contributed by atoms with Crippen molar-refractivity contribution in [1.82, 2.24) is 0 Å². The highest BCUT2D eigenvalue weighted by molar-refractivity contribution is 5.99. The van der Waals surface area contributed by atoms with Crippen LogP contribution in [0.1, 0.15) is 23.7 Å². The van der Waals surface area contributed by atoms with Crippen molar-refractivity contribution in [2.45, 2.75) is 31.3 Å². The number of hydrogen-bond donors (Lipinski definition) is 8. The van der Waals surface area contributed by atoms with E-state index in [4.69, 9.17) is 19.4 Å². The molecular formula is C32H28O12. The van der Waals surface area contributed by atoms with Gasteiger partial charge in [-0.15, -0.1) is 0 Å². The van der Waals surface area contributed by atoms with Gasteiger partial charge in [0.1, 0.15) is 46.2 Å². The third-order valence-electron chi connectivity index (χ3n) is 7.42. The van der Waals surface area contributed by atoms with Gasteiger partial charge in [-0.3, -0.25) is 9.59 Å². The number of carbonyl (C=O) groups is 1. The number of ether oxygens (including phenoxy) is 1. The second-order valence-electron chi connectivity index (χ2n) is 10.0. The molecule has 6 rings (SSSR count). The Morgan fingerprint density at radius 1 is 0.818 bits per heavy atom. The Morgan fingerprint density at radius 2 is 1.45 bits per heavy atom. The lowest BCUT2D eigenvalue weighted by atomic mass is 9.84. The maximum atomic E-state index is 12.3. The van der Waals surface area contributed by atoms with Gasteiger partial charge in [0.2, 0.25) is 11.2 Å². The molecule has 8 N–H and O–H groups in total. The maximum absolute atomic E-state index is 12.3. The highest BCUT2D eigenvalue weighted by Gasteiger charge is 2.44. The van der Waals surface area contributed by atoms with E-state index in [1.807, 2.05) is 6.07 Å². The number of phenols is 2. The van der Waals surface area contributed by atoms with E-state index in [1.165, 1.54) is 0 Å². The molecular weight excluding hydrogens is 576 g/mol. The van der Waals surface area contributed by atoms with Crippen LogP contribution < -0.4 is 5.43 Å². The minimum absolute atomic E-state index is 0.0247. The average molecular weight is 605 g/mol. The fourth-order valence-corrected chi connectivity index (χ4v) is 5.16. The van der Waals surface area contributed by atoms with E-state index in [-0.39, 0.29) is 39.9 Å². The Hall–Kier alpha value is -5.14. The van der Waals surface area contributed by atoms with Crippen molar-refractivity contribution in [3.8, 4) is 28.6 Å². The molecule has 2 aliphatic rings. The summed E-state index contributed by atoms with van der Waals surface area (Å²) in [6.45, 7) is -1.29. The smallest absolute Gasteiger partial charge is 0.238 e. The third kappa shape index (κ3) is 5.27. The number of carbonyl (C=O) groups excluding carboxylic acids is 1. The molecule has 4 aromatic rings. The van der Waals surface area contributed by atoms with Crippen LogP contribution in [-0.2, 0) is 16.1 Å². The fourth-order valence-electron chi connectivity index (χ4n) is 5.16. The van der Waals surface area contributed by atoms with Gasteiger partial charge in [0, 0.05) is 18.1 Å². The number of benzene rings is 3. The molecule has 3 atom stereocenters. The van der Waals surface area contributed by atoms with E-state index < -0.39 is 71.5 Å². The molecule has 0 saturated heterocycles. The highest BCUT2D eigenvalue weighted by Crippen LogP contribution is 2.41. The Morgan fingerprint density at radius 3 is 2.07 bits per heavy atom. The summed E-state index contributed by atoms with van der Waals surface area (Å²) in [6.07, 6.45) is -3.14. The summed E-state index contributed by atoms with van der Waals surface area (Å²) >= 11 is 0. The van der Waals surface area contributed by atoms with Gasteiger partial charge in [0.25, 0.3) is 0 Å². The van der Waals surface area contributed by atoms with Crippen LogP contribution in [0.4, 0.5) is 0 Å². The zero-order valence-corrected chi connectivity index (χ0v) is 22.9. The maximum Gasteiger partial charge on any atom is 0.238 e. The number of rotatable bonds is 4. The van der Waals surface area contributed by atoms with Crippen LogP contribution in [0.5, 0.6) is 17.2 Å². The number of Topliss-reactive ketones (excluding diaryl/α,β-unsaturated/α-hetero) is 1. The van der Waals surface area contributed by atoms with Crippen molar-refractivity contribution < 1.29 is 54.8 Å². The van der Waals surface area contributed by atoms with E-state index in [9.17, 15) is 40.2 Å². The summed E-state index contributed by atoms with van der Waals surface area (Å²) < 4.78 is 11.2. The molecule has 0 amide bonds. The van der Waals surface area contributed by atoms with Crippen LogP contribution in [0.15, 0.2) is 98.6 Å². The molecule has 44 heavy (non-hydrogen) atoms. The van der Waals surface area contributed by atoms with E-state index in [2.05, 4.69) is 0 Å². The topological polar surface area (TPSA) is 218 Å². The molecule has 12 nitrogen and oxygen atoms in total. The molecule has 0 spiro atoms. The number of aliphatic hydroxyl groups excluding tert-OH is 5. The van der Waals surface area contributed by atoms with Gasteiger partial charge in [-0.25, -0.2) is 0 Å². The van der Waals surface area contributed by atoms with Crippen molar-refractivity contribution >= 4 is 16.8 Å². The number of aliphatic hydroxyl groups is 5. The zero-order valence-electron chi connectivity index (χ0n) is 22.9. The Bertz CT molecular complexity index is 1840. The predicted molar refractivity (Wildman–Crippen MR) is 155 cm³/mol. The van der Waals surface area contributed by atoms with Crippen molar-refractivity contribution in [1.29, 1.82) is 0 Å². The highest BCUT2D eigenvalue weighted by atomic mass is 16.5. The molecule has 1 aliphatic heterocycles. The lowest BCUT2D eigenvalue weighted by Crippen LogP contribution is -2.40. The average Bonchev–Trinajstić information content (AvgIpc) is 3.02. The molecule has 2 heterocycles. The van der Waals surface area contributed by atoms with Crippen molar-refractivity contribution in [3.63, 3.8) is 0 Å². The van der Waals surface area contributed by atoms with Crippen LogP contribution >= 0.6 is 0 Å². The molecule has 0 radical (unpaired) electrons. The van der Waals surface area contributed by atoms with Gasteiger partial charge in [0.05, 0.1) is 36.0 Å². The van der Waals surface area contributed by atoms with Gasteiger partial charge in [0.15, 0.2) is 11.5 Å². The van der Waals surface area contributed by atoms with Gasteiger partial charge in [-0.2, -0.15) is 0 Å². The number of ketones is 1. The van der Waals surface area contributed by atoms with Crippen LogP contribution in [-0.4, -0.2) is 65.5 Å². The second kappa shape index (κ2) is 12.2. The summed E-state index contributed by atoms with van der Waals surface area (Å²) in [7, 11) is 0. The number of hydrogen-bond acceptors (Lipinski definition) is 12. The van der Waals surface area contributed by atoms with Gasteiger partial charge in [-0.1, -0.05) is 60.7 Å². The second-order valence-corrected chi connectivity index (χ2v) is 10.0. The van der Waals surface area contributed by atoms with Gasteiger partial charge < -0.3 is 50.0 Å². The zero-order chi connectivity index (χ0) is 31.7. The molecule has 0 bridgehead atoms. The van der Waals surface area contributed by atoms with E-state index in [1.54, 1.807) is 54.6 Å². The Kier molecular flexibility index (Phi) is 8.43. The first-order valence-electron chi connectivity index (χ1n) is 13.4. The first-order chi connectivity index (χ1) is 21.1. The van der Waals surface area contributed by atoms with Crippen molar-refractivity contribution in [3.05, 3.63) is 111 Å². The van der Waals surface area contributed by atoms with Crippen molar-refractivity contribution in [2.24, 2.45) is 0 Å². The minimum atomic E-state index is -1.36. The van der Waals surface area contributed by atoms with Crippen LogP contribution in [0.25, 0.3) is 22.3 Å². The summed E-state index contributed by atoms with van der Waals surface area (Å²) in [5.74, 6) is -3.10. The third-order valence-corrected chi connectivity index (χ3v) is 7.42. The monoisotopic (exact) mass is 604 g/mol. The quantitative estimate of drug-likeness (QED) is 0.168. The van der Waals surface area contributed by atoms with Gasteiger partial charge >= 0.3 is 0 Å². The van der Waals surface area contributed by atoms with E-state index in [0.29, 0.717) is 11.1 Å². The molecule has 1 aliphatic carbocycles. The molecule has 3 aromatic carbocycles. The van der Waals surface area contributed by atoms with E-state index in [0.717, 1.165) is 6.07 Å². The van der Waals surface area contributed by atoms with Crippen molar-refractivity contribution in [2.75, 3.05) is 6.61 Å². The van der Waals surface area contributed by atoms with Crippen LogP contribution in [0.2, 0.25) is 0 Å². The summed E-state index contributed by atoms with van der Waals surface area (Å²) in [4.78, 5) is 24.2. The molecule has 1 unspecified atom stereocenters. The largest absolute Gasteiger partial charge is 0.509 e. The minimum Gasteiger partial charge on any atom is -0.509 e. The van der Waals surface area contributed by atoms with Gasteiger partial charge in [-0.05, 0) is 5.56 Å². The first-order valence-corrected chi connectivity index (χ1v) is 13.4. The lowest BCUT2D eigenvalue weighted by Gasteiger charge is -2.37. The summed E-state index contributed by atoms with van der Waals surface area (Å²) in [5.41, 5.74) is -0.198. The summed E-state index contributed by atoms with van der Waals surface area (Å²) in [6, 6.07) is 18.4. The first kappa shape index (κ1) is 30.3.